The maximum absolute atomic E-state index is 10.5. The summed E-state index contributed by atoms with van der Waals surface area (Å²) in [5, 5.41) is 8.61. The Hall–Kier alpha value is -1.07. The van der Waals surface area contributed by atoms with Crippen LogP contribution in [0.2, 0.25) is 0 Å². The standard InChI is InChI=1S/C13H18BrNO3/c1-2-18-12-7-6-9(14)8-10(12)11(15)4-3-5-13(16)17/h6-8,11H,2-5,15H2,1H3,(H,16,17). The van der Waals surface area contributed by atoms with Crippen molar-refractivity contribution in [2.45, 2.75) is 32.2 Å². The van der Waals surface area contributed by atoms with Crippen LogP contribution in [0.25, 0.3) is 0 Å². The molecule has 0 fully saturated rings. The molecule has 0 aliphatic carbocycles. The summed E-state index contributed by atoms with van der Waals surface area (Å²) < 4.78 is 6.46. The number of hydrogen-bond acceptors (Lipinski definition) is 3. The first-order valence-electron chi connectivity index (χ1n) is 5.94. The fourth-order valence-electron chi connectivity index (χ4n) is 1.72. The van der Waals surface area contributed by atoms with Crippen LogP contribution in [0.15, 0.2) is 22.7 Å². The Bertz CT molecular complexity index is 409. The van der Waals surface area contributed by atoms with E-state index in [1.165, 1.54) is 0 Å². The third-order valence-electron chi connectivity index (χ3n) is 2.58. The van der Waals surface area contributed by atoms with Crippen molar-refractivity contribution in [3.8, 4) is 5.75 Å². The van der Waals surface area contributed by atoms with Crippen LogP contribution in [0.1, 0.15) is 37.8 Å². The third kappa shape index (κ3) is 4.66. The first-order valence-corrected chi connectivity index (χ1v) is 6.73. The minimum absolute atomic E-state index is 0.145. The summed E-state index contributed by atoms with van der Waals surface area (Å²) >= 11 is 3.40. The number of carboxylic acid groups (broad SMARTS) is 1. The van der Waals surface area contributed by atoms with Crippen molar-refractivity contribution in [2.24, 2.45) is 5.73 Å². The highest BCUT2D eigenvalue weighted by molar-refractivity contribution is 9.10. The van der Waals surface area contributed by atoms with E-state index in [2.05, 4.69) is 15.9 Å². The van der Waals surface area contributed by atoms with Gasteiger partial charge in [0.25, 0.3) is 0 Å². The molecule has 1 aromatic carbocycles. The summed E-state index contributed by atoms with van der Waals surface area (Å²) in [5.41, 5.74) is 7.00. The lowest BCUT2D eigenvalue weighted by Crippen LogP contribution is -2.13. The zero-order valence-corrected chi connectivity index (χ0v) is 11.9. The second-order valence-corrected chi connectivity index (χ2v) is 4.92. The van der Waals surface area contributed by atoms with E-state index < -0.39 is 5.97 Å². The molecule has 1 rings (SSSR count). The maximum atomic E-state index is 10.5. The molecule has 4 nitrogen and oxygen atoms in total. The molecule has 0 saturated heterocycles. The van der Waals surface area contributed by atoms with Gasteiger partial charge in [-0.15, -0.1) is 0 Å². The van der Waals surface area contributed by atoms with Crippen LogP contribution in [-0.2, 0) is 4.79 Å². The molecule has 0 aliphatic rings. The molecule has 5 heteroatoms. The predicted molar refractivity (Wildman–Crippen MR) is 73.7 cm³/mol. The largest absolute Gasteiger partial charge is 0.494 e. The highest BCUT2D eigenvalue weighted by atomic mass is 79.9. The Morgan fingerprint density at radius 3 is 2.89 bits per heavy atom. The molecule has 18 heavy (non-hydrogen) atoms. The van der Waals surface area contributed by atoms with Crippen molar-refractivity contribution in [1.82, 2.24) is 0 Å². The molecule has 1 unspecified atom stereocenters. The summed E-state index contributed by atoms with van der Waals surface area (Å²) in [4.78, 5) is 10.5. The average molecular weight is 316 g/mol. The zero-order valence-electron chi connectivity index (χ0n) is 10.4. The molecule has 100 valence electrons. The number of carboxylic acids is 1. The molecule has 1 aromatic rings. The van der Waals surface area contributed by atoms with E-state index in [9.17, 15) is 4.79 Å². The highest BCUT2D eigenvalue weighted by Crippen LogP contribution is 2.30. The Morgan fingerprint density at radius 2 is 2.28 bits per heavy atom. The normalized spacial score (nSPS) is 12.2. The summed E-state index contributed by atoms with van der Waals surface area (Å²) in [6, 6.07) is 5.50. The maximum Gasteiger partial charge on any atom is 0.303 e. The van der Waals surface area contributed by atoms with Crippen molar-refractivity contribution in [1.29, 1.82) is 0 Å². The first kappa shape index (κ1) is 15.0. The summed E-state index contributed by atoms with van der Waals surface area (Å²) in [5.74, 6) is -0.0231. The lowest BCUT2D eigenvalue weighted by Gasteiger charge is -2.16. The van der Waals surface area contributed by atoms with Gasteiger partial charge in [0.05, 0.1) is 6.61 Å². The van der Waals surface area contributed by atoms with Gasteiger partial charge >= 0.3 is 5.97 Å². The van der Waals surface area contributed by atoms with E-state index in [-0.39, 0.29) is 12.5 Å². The molecule has 0 aromatic heterocycles. The molecule has 3 N–H and O–H groups in total. The number of benzene rings is 1. The van der Waals surface area contributed by atoms with Crippen molar-refractivity contribution in [3.63, 3.8) is 0 Å². The summed E-state index contributed by atoms with van der Waals surface area (Å²) in [7, 11) is 0. The highest BCUT2D eigenvalue weighted by Gasteiger charge is 2.13. The van der Waals surface area contributed by atoms with Crippen LogP contribution >= 0.6 is 15.9 Å². The van der Waals surface area contributed by atoms with Gasteiger partial charge in [0.1, 0.15) is 5.75 Å². The fourth-order valence-corrected chi connectivity index (χ4v) is 2.10. The lowest BCUT2D eigenvalue weighted by molar-refractivity contribution is -0.137. The van der Waals surface area contributed by atoms with Gasteiger partial charge in [-0.3, -0.25) is 4.79 Å². The predicted octanol–water partition coefficient (Wildman–Crippen LogP) is 3.10. The fraction of sp³-hybridized carbons (Fsp3) is 0.462. The Labute approximate surface area is 115 Å². The second-order valence-electron chi connectivity index (χ2n) is 4.01. The van der Waals surface area contributed by atoms with Crippen LogP contribution in [0.4, 0.5) is 0 Å². The Kier molecular flexibility index (Phi) is 6.15. The van der Waals surface area contributed by atoms with Crippen LogP contribution in [0.3, 0.4) is 0 Å². The summed E-state index contributed by atoms with van der Waals surface area (Å²) in [6.45, 7) is 2.50. The van der Waals surface area contributed by atoms with Crippen molar-refractivity contribution < 1.29 is 14.6 Å². The molecule has 0 bridgehead atoms. The Morgan fingerprint density at radius 1 is 1.56 bits per heavy atom. The molecule has 0 aliphatic heterocycles. The molecule has 1 atom stereocenters. The van der Waals surface area contributed by atoms with E-state index in [1.54, 1.807) is 0 Å². The number of halogens is 1. The van der Waals surface area contributed by atoms with Crippen molar-refractivity contribution in [3.05, 3.63) is 28.2 Å². The number of hydrogen-bond donors (Lipinski definition) is 2. The molecular weight excluding hydrogens is 298 g/mol. The van der Waals surface area contributed by atoms with Gasteiger partial charge in [-0.05, 0) is 38.0 Å². The SMILES string of the molecule is CCOc1ccc(Br)cc1C(N)CCCC(=O)O. The van der Waals surface area contributed by atoms with Crippen molar-refractivity contribution >= 4 is 21.9 Å². The van der Waals surface area contributed by atoms with Crippen molar-refractivity contribution in [2.75, 3.05) is 6.61 Å². The molecule has 0 amide bonds. The van der Waals surface area contributed by atoms with Gasteiger partial charge in [0.15, 0.2) is 0 Å². The monoisotopic (exact) mass is 315 g/mol. The van der Waals surface area contributed by atoms with E-state index in [0.29, 0.717) is 19.4 Å². The molecule has 0 saturated carbocycles. The van der Waals surface area contributed by atoms with Crippen LogP contribution in [0, 0.1) is 0 Å². The number of aliphatic carboxylic acids is 1. The first-order chi connectivity index (χ1) is 8.54. The molecule has 0 radical (unpaired) electrons. The van der Waals surface area contributed by atoms with Gasteiger partial charge in [0, 0.05) is 22.5 Å². The van der Waals surface area contributed by atoms with E-state index in [4.69, 9.17) is 15.6 Å². The molecule has 0 heterocycles. The number of nitrogens with two attached hydrogens (primary N) is 1. The van der Waals surface area contributed by atoms with Crippen LogP contribution in [-0.4, -0.2) is 17.7 Å². The topological polar surface area (TPSA) is 72.5 Å². The van der Waals surface area contributed by atoms with Gasteiger partial charge in [-0.2, -0.15) is 0 Å². The van der Waals surface area contributed by atoms with E-state index >= 15 is 0 Å². The van der Waals surface area contributed by atoms with Gasteiger partial charge < -0.3 is 15.6 Å². The lowest BCUT2D eigenvalue weighted by atomic mass is 10.0. The van der Waals surface area contributed by atoms with E-state index in [1.807, 2.05) is 25.1 Å². The van der Waals surface area contributed by atoms with E-state index in [0.717, 1.165) is 15.8 Å². The quantitative estimate of drug-likeness (QED) is 0.811. The van der Waals surface area contributed by atoms with Gasteiger partial charge in [-0.1, -0.05) is 15.9 Å². The molecule has 0 spiro atoms. The number of rotatable bonds is 7. The molecular formula is C13H18BrNO3. The smallest absolute Gasteiger partial charge is 0.303 e. The van der Waals surface area contributed by atoms with Crippen LogP contribution < -0.4 is 10.5 Å². The number of carbonyl (C=O) groups is 1. The minimum Gasteiger partial charge on any atom is -0.494 e. The average Bonchev–Trinajstić information content (AvgIpc) is 2.31. The Balaban J connectivity index is 2.72. The van der Waals surface area contributed by atoms with Crippen LogP contribution in [0.5, 0.6) is 5.75 Å². The van der Waals surface area contributed by atoms with Gasteiger partial charge in [-0.25, -0.2) is 0 Å². The third-order valence-corrected chi connectivity index (χ3v) is 3.07. The second kappa shape index (κ2) is 7.38. The summed E-state index contributed by atoms with van der Waals surface area (Å²) in [6.07, 6.45) is 1.34. The van der Waals surface area contributed by atoms with Gasteiger partial charge in [0.2, 0.25) is 0 Å². The number of ether oxygens (including phenoxy) is 1. The zero-order chi connectivity index (χ0) is 13.5. The minimum atomic E-state index is -0.790.